The minimum atomic E-state index is -3.55. The molecule has 2 heterocycles. The van der Waals surface area contributed by atoms with Crippen molar-refractivity contribution in [1.29, 1.82) is 0 Å². The van der Waals surface area contributed by atoms with Gasteiger partial charge in [-0.3, -0.25) is 4.79 Å². The van der Waals surface area contributed by atoms with Crippen molar-refractivity contribution in [3.05, 3.63) is 29.8 Å². The van der Waals surface area contributed by atoms with E-state index in [1.807, 2.05) is 25.1 Å². The molecule has 0 unspecified atom stereocenters. The van der Waals surface area contributed by atoms with Crippen LogP contribution < -0.4 is 15.5 Å². The summed E-state index contributed by atoms with van der Waals surface area (Å²) in [6, 6.07) is 8.20. The normalized spacial score (nSPS) is 18.0. The number of nitrogens with zero attached hydrogens (tertiary/aromatic N) is 2. The molecule has 2 saturated heterocycles. The summed E-state index contributed by atoms with van der Waals surface area (Å²) in [5.41, 5.74) is 2.30. The molecule has 3 rings (SSSR count). The number of piperazine rings is 1. The lowest BCUT2D eigenvalue weighted by atomic mass is 10.0. The zero-order valence-electron chi connectivity index (χ0n) is 15.4. The van der Waals surface area contributed by atoms with Crippen LogP contribution in [0.5, 0.6) is 0 Å². The molecule has 1 aromatic carbocycles. The van der Waals surface area contributed by atoms with Gasteiger partial charge in [0.1, 0.15) is 5.75 Å². The Morgan fingerprint density at radius 3 is 2.41 bits per heavy atom. The van der Waals surface area contributed by atoms with Gasteiger partial charge in [-0.15, -0.1) is 24.8 Å². The van der Waals surface area contributed by atoms with Gasteiger partial charge >= 0.3 is 0 Å². The molecule has 0 atom stereocenters. The second-order valence-electron chi connectivity index (χ2n) is 6.81. The smallest absolute Gasteiger partial charge is 0.236 e. The molecule has 0 saturated carbocycles. The maximum atomic E-state index is 12.5. The number of aryl methyl sites for hydroxylation is 1. The van der Waals surface area contributed by atoms with E-state index in [0.29, 0.717) is 38.6 Å². The van der Waals surface area contributed by atoms with Gasteiger partial charge in [0, 0.05) is 57.4 Å². The second kappa shape index (κ2) is 10.5. The second-order valence-corrected chi connectivity index (χ2v) is 8.78. The molecule has 2 aliphatic heterocycles. The lowest BCUT2D eigenvalue weighted by Crippen LogP contribution is -2.52. The van der Waals surface area contributed by atoms with Crippen LogP contribution in [0, 0.1) is 12.8 Å². The van der Waals surface area contributed by atoms with Crippen molar-refractivity contribution < 1.29 is 13.2 Å². The van der Waals surface area contributed by atoms with Crippen molar-refractivity contribution in [1.82, 2.24) is 14.9 Å². The fourth-order valence-corrected chi connectivity index (χ4v) is 4.44. The van der Waals surface area contributed by atoms with Gasteiger partial charge < -0.3 is 15.5 Å². The van der Waals surface area contributed by atoms with E-state index < -0.39 is 21.7 Å². The first-order chi connectivity index (χ1) is 11.9. The molecule has 154 valence electrons. The topological polar surface area (TPSA) is 81.8 Å². The summed E-state index contributed by atoms with van der Waals surface area (Å²) >= 11 is 0. The summed E-state index contributed by atoms with van der Waals surface area (Å²) in [5, 5.41) is 5.85. The molecule has 0 bridgehead atoms. The van der Waals surface area contributed by atoms with E-state index in [0.717, 1.165) is 18.8 Å². The van der Waals surface area contributed by atoms with E-state index in [1.165, 1.54) is 9.87 Å². The van der Waals surface area contributed by atoms with Crippen LogP contribution in [0.4, 0.5) is 5.69 Å². The quantitative estimate of drug-likeness (QED) is 0.680. The van der Waals surface area contributed by atoms with E-state index in [9.17, 15) is 13.2 Å². The van der Waals surface area contributed by atoms with Crippen molar-refractivity contribution in [2.75, 3.05) is 56.5 Å². The Morgan fingerprint density at radius 1 is 1.19 bits per heavy atom. The predicted molar refractivity (Wildman–Crippen MR) is 113 cm³/mol. The van der Waals surface area contributed by atoms with Crippen molar-refractivity contribution in [2.24, 2.45) is 5.92 Å². The van der Waals surface area contributed by atoms with Gasteiger partial charge in [-0.2, -0.15) is 4.31 Å². The van der Waals surface area contributed by atoms with E-state index in [1.54, 1.807) is 0 Å². The first-order valence-electron chi connectivity index (χ1n) is 8.71. The average molecular weight is 439 g/mol. The highest BCUT2D eigenvalue weighted by Crippen LogP contribution is 2.19. The Balaban J connectivity index is 0.00000182. The minimum absolute atomic E-state index is 0. The maximum absolute atomic E-state index is 12.5. The van der Waals surface area contributed by atoms with Gasteiger partial charge in [-0.1, -0.05) is 12.1 Å². The Labute approximate surface area is 173 Å². The first-order valence-corrected chi connectivity index (χ1v) is 10.3. The molecule has 10 heteroatoms. The predicted octanol–water partition coefficient (Wildman–Crippen LogP) is 0.626. The molecule has 27 heavy (non-hydrogen) atoms. The number of hydrogen-bond donors (Lipinski definition) is 2. The van der Waals surface area contributed by atoms with Gasteiger partial charge in [-0.05, 0) is 24.6 Å². The standard InChI is InChI=1S/C17H26N4O3S.2ClH/c1-14-3-2-4-16(9-14)20-5-7-21(8-6-20)25(23,24)13-17(22)19-12-15-10-18-11-15;;/h2-4,9,15,18H,5-8,10-13H2,1H3,(H,19,22);2*1H. The Morgan fingerprint density at radius 2 is 1.85 bits per heavy atom. The van der Waals surface area contributed by atoms with Crippen LogP contribution >= 0.6 is 24.8 Å². The molecular weight excluding hydrogens is 411 g/mol. The van der Waals surface area contributed by atoms with Gasteiger partial charge in [0.2, 0.25) is 15.9 Å². The fraction of sp³-hybridized carbons (Fsp3) is 0.588. The van der Waals surface area contributed by atoms with Crippen LogP contribution in [0.1, 0.15) is 5.56 Å². The van der Waals surface area contributed by atoms with E-state index in [-0.39, 0.29) is 24.8 Å². The summed E-state index contributed by atoms with van der Waals surface area (Å²) in [7, 11) is -3.55. The summed E-state index contributed by atoms with van der Waals surface area (Å²) in [6.07, 6.45) is 0. The molecule has 0 spiro atoms. The SMILES string of the molecule is Cc1cccc(N2CCN(S(=O)(=O)CC(=O)NCC3CNC3)CC2)c1.Cl.Cl. The lowest BCUT2D eigenvalue weighted by Gasteiger charge is -2.35. The van der Waals surface area contributed by atoms with Crippen molar-refractivity contribution in [3.8, 4) is 0 Å². The number of carbonyl (C=O) groups excluding carboxylic acids is 1. The van der Waals surface area contributed by atoms with Crippen LogP contribution in [0.15, 0.2) is 24.3 Å². The number of sulfonamides is 1. The van der Waals surface area contributed by atoms with Crippen molar-refractivity contribution >= 4 is 46.4 Å². The Hall–Kier alpha value is -1.06. The summed E-state index contributed by atoms with van der Waals surface area (Å²) in [6.45, 7) is 6.45. The number of benzene rings is 1. The monoisotopic (exact) mass is 438 g/mol. The molecule has 1 amide bonds. The maximum Gasteiger partial charge on any atom is 0.236 e. The third-order valence-electron chi connectivity index (χ3n) is 4.77. The lowest BCUT2D eigenvalue weighted by molar-refractivity contribution is -0.118. The van der Waals surface area contributed by atoms with E-state index >= 15 is 0 Å². The van der Waals surface area contributed by atoms with Gasteiger partial charge in [0.05, 0.1) is 0 Å². The highest BCUT2D eigenvalue weighted by atomic mass is 35.5. The molecule has 0 aliphatic carbocycles. The summed E-state index contributed by atoms with van der Waals surface area (Å²) in [4.78, 5) is 14.1. The van der Waals surface area contributed by atoms with Crippen LogP contribution in [-0.2, 0) is 14.8 Å². The van der Waals surface area contributed by atoms with Crippen LogP contribution in [0.25, 0.3) is 0 Å². The van der Waals surface area contributed by atoms with E-state index in [4.69, 9.17) is 0 Å². The number of anilines is 1. The van der Waals surface area contributed by atoms with Crippen molar-refractivity contribution in [2.45, 2.75) is 6.92 Å². The Kier molecular flexibility index (Phi) is 9.30. The zero-order chi connectivity index (χ0) is 17.9. The largest absolute Gasteiger partial charge is 0.369 e. The summed E-state index contributed by atoms with van der Waals surface area (Å²) < 4.78 is 26.3. The number of rotatable bonds is 6. The molecule has 2 N–H and O–H groups in total. The van der Waals surface area contributed by atoms with Gasteiger partial charge in [-0.25, -0.2) is 8.42 Å². The highest BCUT2D eigenvalue weighted by Gasteiger charge is 2.29. The molecule has 7 nitrogen and oxygen atoms in total. The first kappa shape index (κ1) is 24.0. The van der Waals surface area contributed by atoms with Crippen LogP contribution in [0.2, 0.25) is 0 Å². The van der Waals surface area contributed by atoms with Gasteiger partial charge in [0.25, 0.3) is 0 Å². The van der Waals surface area contributed by atoms with E-state index in [2.05, 4.69) is 21.6 Å². The molecule has 0 aromatic heterocycles. The number of hydrogen-bond acceptors (Lipinski definition) is 5. The number of halogens is 2. The Bertz CT molecular complexity index is 721. The molecule has 1 aromatic rings. The zero-order valence-corrected chi connectivity index (χ0v) is 17.8. The van der Waals surface area contributed by atoms with Crippen LogP contribution in [0.3, 0.4) is 0 Å². The molecule has 2 aliphatic rings. The number of amides is 1. The molecule has 2 fully saturated rings. The number of nitrogens with one attached hydrogen (secondary N) is 2. The third-order valence-corrected chi connectivity index (χ3v) is 6.55. The minimum Gasteiger partial charge on any atom is -0.369 e. The van der Waals surface area contributed by atoms with Gasteiger partial charge in [0.15, 0.2) is 0 Å². The van der Waals surface area contributed by atoms with Crippen molar-refractivity contribution in [3.63, 3.8) is 0 Å². The highest BCUT2D eigenvalue weighted by molar-refractivity contribution is 7.89. The van der Waals surface area contributed by atoms with Crippen LogP contribution in [-0.4, -0.2) is 70.2 Å². The fourth-order valence-electron chi connectivity index (χ4n) is 3.11. The molecule has 0 radical (unpaired) electrons. The summed E-state index contributed by atoms with van der Waals surface area (Å²) in [5.74, 6) is -0.449. The number of carbonyl (C=O) groups is 1. The third kappa shape index (κ3) is 6.50. The average Bonchev–Trinajstić information content (AvgIpc) is 2.53. The molecular formula is C17H28Cl2N4O3S.